The molecule has 4 heterocycles. The van der Waals surface area contributed by atoms with Gasteiger partial charge in [0.2, 0.25) is 0 Å². The summed E-state index contributed by atoms with van der Waals surface area (Å²) in [5.74, 6) is 1.65. The lowest BCUT2D eigenvalue weighted by Gasteiger charge is -2.31. The van der Waals surface area contributed by atoms with Gasteiger partial charge in [-0.3, -0.25) is 10.00 Å². The first kappa shape index (κ1) is 14.7. The largest absolute Gasteiger partial charge is 0.346 e. The molecule has 1 saturated heterocycles. The summed E-state index contributed by atoms with van der Waals surface area (Å²) in [6.07, 6.45) is 6.33. The number of imidazole rings is 1. The maximum absolute atomic E-state index is 4.53. The molecule has 23 heavy (non-hydrogen) atoms. The SMILES string of the molecule is Cc1cnc([C@@H]2CCCN(Cc3cn[nH]c3-c3cccs3)C2)[nH]1. The van der Waals surface area contributed by atoms with Crippen LogP contribution in [0.5, 0.6) is 0 Å². The second-order valence-electron chi connectivity index (χ2n) is 6.27. The monoisotopic (exact) mass is 327 g/mol. The van der Waals surface area contributed by atoms with E-state index in [1.807, 2.05) is 12.4 Å². The van der Waals surface area contributed by atoms with Crippen LogP contribution < -0.4 is 0 Å². The standard InChI is InChI=1S/C17H21N5S/c1-12-8-18-17(20-12)13-4-2-6-22(10-13)11-14-9-19-21-16(14)15-5-3-7-23-15/h3,5,7-9,13H,2,4,6,10-11H2,1H3,(H,18,20)(H,19,21)/t13-/m1/s1. The van der Waals surface area contributed by atoms with E-state index < -0.39 is 0 Å². The Morgan fingerprint density at radius 2 is 2.35 bits per heavy atom. The van der Waals surface area contributed by atoms with Gasteiger partial charge in [-0.2, -0.15) is 5.10 Å². The van der Waals surface area contributed by atoms with Crippen LogP contribution in [0.1, 0.15) is 35.8 Å². The van der Waals surface area contributed by atoms with Crippen molar-refractivity contribution < 1.29 is 0 Å². The van der Waals surface area contributed by atoms with Gasteiger partial charge >= 0.3 is 0 Å². The topological polar surface area (TPSA) is 60.6 Å². The van der Waals surface area contributed by atoms with Crippen LogP contribution >= 0.6 is 11.3 Å². The molecule has 3 aromatic heterocycles. The van der Waals surface area contributed by atoms with Gasteiger partial charge in [-0.15, -0.1) is 11.3 Å². The lowest BCUT2D eigenvalue weighted by molar-refractivity contribution is 0.197. The number of H-pyrrole nitrogens is 2. The fraction of sp³-hybridized carbons (Fsp3) is 0.412. The zero-order valence-electron chi connectivity index (χ0n) is 13.2. The van der Waals surface area contributed by atoms with E-state index in [2.05, 4.69) is 49.5 Å². The molecule has 0 amide bonds. The first-order valence-corrected chi connectivity index (χ1v) is 8.97. The van der Waals surface area contributed by atoms with E-state index in [-0.39, 0.29) is 0 Å². The summed E-state index contributed by atoms with van der Waals surface area (Å²) >= 11 is 1.75. The van der Waals surface area contributed by atoms with Crippen molar-refractivity contribution in [1.82, 2.24) is 25.1 Å². The third kappa shape index (κ3) is 3.09. The van der Waals surface area contributed by atoms with Gasteiger partial charge in [0.15, 0.2) is 0 Å². The van der Waals surface area contributed by atoms with E-state index in [1.54, 1.807) is 11.3 Å². The summed E-state index contributed by atoms with van der Waals surface area (Å²) in [5, 5.41) is 9.53. The van der Waals surface area contributed by atoms with E-state index in [1.165, 1.54) is 23.3 Å². The highest BCUT2D eigenvalue weighted by Gasteiger charge is 2.24. The fourth-order valence-electron chi connectivity index (χ4n) is 3.37. The molecule has 4 rings (SSSR count). The number of piperidine rings is 1. The Hall–Kier alpha value is -1.92. The highest BCUT2D eigenvalue weighted by atomic mass is 32.1. The first-order chi connectivity index (χ1) is 11.3. The van der Waals surface area contributed by atoms with Crippen LogP contribution in [-0.4, -0.2) is 38.2 Å². The van der Waals surface area contributed by atoms with Gasteiger partial charge in [-0.05, 0) is 37.8 Å². The Morgan fingerprint density at radius 1 is 1.39 bits per heavy atom. The number of hydrogen-bond donors (Lipinski definition) is 2. The van der Waals surface area contributed by atoms with Gasteiger partial charge in [0.05, 0.1) is 16.8 Å². The maximum atomic E-state index is 4.53. The lowest BCUT2D eigenvalue weighted by Crippen LogP contribution is -2.34. The molecule has 0 saturated carbocycles. The zero-order chi connectivity index (χ0) is 15.6. The van der Waals surface area contributed by atoms with Crippen molar-refractivity contribution in [2.24, 2.45) is 0 Å². The summed E-state index contributed by atoms with van der Waals surface area (Å²) < 4.78 is 0. The Kier molecular flexibility index (Phi) is 4.01. The fourth-order valence-corrected chi connectivity index (χ4v) is 4.12. The molecule has 2 N–H and O–H groups in total. The third-order valence-electron chi connectivity index (χ3n) is 4.49. The van der Waals surface area contributed by atoms with E-state index in [0.717, 1.165) is 36.8 Å². The molecule has 5 nitrogen and oxygen atoms in total. The van der Waals surface area contributed by atoms with Gasteiger partial charge in [-0.25, -0.2) is 4.98 Å². The van der Waals surface area contributed by atoms with E-state index in [4.69, 9.17) is 0 Å². The van der Waals surface area contributed by atoms with Gasteiger partial charge in [0.25, 0.3) is 0 Å². The van der Waals surface area contributed by atoms with Crippen molar-refractivity contribution in [3.63, 3.8) is 0 Å². The van der Waals surface area contributed by atoms with Crippen LogP contribution in [0.3, 0.4) is 0 Å². The van der Waals surface area contributed by atoms with Gasteiger partial charge in [-0.1, -0.05) is 6.07 Å². The molecule has 120 valence electrons. The van der Waals surface area contributed by atoms with Crippen LogP contribution in [0.4, 0.5) is 0 Å². The van der Waals surface area contributed by atoms with E-state index in [0.29, 0.717) is 5.92 Å². The molecular formula is C17H21N5S. The second-order valence-corrected chi connectivity index (χ2v) is 7.22. The summed E-state index contributed by atoms with van der Waals surface area (Å²) in [6, 6.07) is 4.23. The Morgan fingerprint density at radius 3 is 3.13 bits per heavy atom. The van der Waals surface area contributed by atoms with Gasteiger partial charge in [0, 0.05) is 36.5 Å². The average Bonchev–Trinajstić information content (AvgIpc) is 3.28. The molecule has 6 heteroatoms. The first-order valence-electron chi connectivity index (χ1n) is 8.09. The molecule has 0 aliphatic carbocycles. The van der Waals surface area contributed by atoms with Crippen molar-refractivity contribution >= 4 is 11.3 Å². The summed E-state index contributed by atoms with van der Waals surface area (Å²) in [5.41, 5.74) is 3.59. The minimum Gasteiger partial charge on any atom is -0.346 e. The molecule has 0 aromatic carbocycles. The number of likely N-dealkylation sites (tertiary alicyclic amines) is 1. The Labute approximate surface area is 139 Å². The second kappa shape index (κ2) is 6.29. The molecule has 0 unspecified atom stereocenters. The highest BCUT2D eigenvalue weighted by molar-refractivity contribution is 7.13. The lowest BCUT2D eigenvalue weighted by atomic mass is 9.97. The quantitative estimate of drug-likeness (QED) is 0.770. The summed E-state index contributed by atoms with van der Waals surface area (Å²) in [7, 11) is 0. The van der Waals surface area contributed by atoms with Gasteiger partial charge < -0.3 is 4.98 Å². The predicted octanol–water partition coefficient (Wildman–Crippen LogP) is 3.55. The van der Waals surface area contributed by atoms with Crippen LogP contribution in [0.15, 0.2) is 29.9 Å². The highest BCUT2D eigenvalue weighted by Crippen LogP contribution is 2.29. The van der Waals surface area contributed by atoms with Crippen LogP contribution in [0.25, 0.3) is 10.6 Å². The number of aromatic amines is 2. The number of hydrogen-bond acceptors (Lipinski definition) is 4. The van der Waals surface area contributed by atoms with Gasteiger partial charge in [0.1, 0.15) is 5.82 Å². The average molecular weight is 327 g/mol. The molecule has 3 aromatic rings. The maximum Gasteiger partial charge on any atom is 0.110 e. The van der Waals surface area contributed by atoms with Crippen molar-refractivity contribution in [3.8, 4) is 10.6 Å². The predicted molar refractivity (Wildman–Crippen MR) is 92.5 cm³/mol. The van der Waals surface area contributed by atoms with Crippen molar-refractivity contribution in [1.29, 1.82) is 0 Å². The molecule has 1 fully saturated rings. The molecule has 1 aliphatic rings. The normalized spacial score (nSPS) is 19.3. The Balaban J connectivity index is 1.48. The zero-order valence-corrected chi connectivity index (χ0v) is 14.1. The number of rotatable bonds is 4. The van der Waals surface area contributed by atoms with Crippen LogP contribution in [0, 0.1) is 6.92 Å². The molecule has 1 aliphatic heterocycles. The number of aryl methyl sites for hydroxylation is 1. The number of aromatic nitrogens is 4. The van der Waals surface area contributed by atoms with Crippen molar-refractivity contribution in [3.05, 3.63) is 47.0 Å². The number of nitrogens with zero attached hydrogens (tertiary/aromatic N) is 3. The number of nitrogens with one attached hydrogen (secondary N) is 2. The third-order valence-corrected chi connectivity index (χ3v) is 5.38. The summed E-state index contributed by atoms with van der Waals surface area (Å²) in [4.78, 5) is 11.7. The van der Waals surface area contributed by atoms with Crippen molar-refractivity contribution in [2.75, 3.05) is 13.1 Å². The number of thiophene rings is 1. The molecule has 0 bridgehead atoms. The molecular weight excluding hydrogens is 306 g/mol. The van der Waals surface area contributed by atoms with E-state index >= 15 is 0 Å². The summed E-state index contributed by atoms with van der Waals surface area (Å²) in [6.45, 7) is 5.21. The molecule has 1 atom stereocenters. The molecule has 0 spiro atoms. The van der Waals surface area contributed by atoms with Crippen molar-refractivity contribution in [2.45, 2.75) is 32.2 Å². The minimum absolute atomic E-state index is 0.509. The van der Waals surface area contributed by atoms with Crippen LogP contribution in [0.2, 0.25) is 0 Å². The van der Waals surface area contributed by atoms with E-state index in [9.17, 15) is 0 Å². The minimum atomic E-state index is 0.509. The van der Waals surface area contributed by atoms with Crippen LogP contribution in [-0.2, 0) is 6.54 Å². The smallest absolute Gasteiger partial charge is 0.110 e. The molecule has 0 radical (unpaired) electrons. The Bertz CT molecular complexity index is 758.